The summed E-state index contributed by atoms with van der Waals surface area (Å²) in [5, 5.41) is 5.43. The Morgan fingerprint density at radius 2 is 1.96 bits per heavy atom. The van der Waals surface area contributed by atoms with Gasteiger partial charge in [-0.3, -0.25) is 14.4 Å². The van der Waals surface area contributed by atoms with E-state index in [1.54, 1.807) is 36.3 Å². The molecule has 0 aromatic heterocycles. The summed E-state index contributed by atoms with van der Waals surface area (Å²) in [6.07, 6.45) is 2.17. The third-order valence-corrected chi connectivity index (χ3v) is 4.25. The highest BCUT2D eigenvalue weighted by Gasteiger charge is 2.35. The maximum atomic E-state index is 12.2. The molecule has 0 bridgehead atoms. The van der Waals surface area contributed by atoms with E-state index in [0.29, 0.717) is 12.3 Å². The van der Waals surface area contributed by atoms with Crippen molar-refractivity contribution in [1.82, 2.24) is 10.6 Å². The van der Waals surface area contributed by atoms with E-state index < -0.39 is 5.92 Å². The monoisotopic (exact) mass is 331 g/mol. The average Bonchev–Trinajstić information content (AvgIpc) is 3.31. The fraction of sp³-hybridized carbons (Fsp3) is 0.471. The standard InChI is InChI=1S/C17H21N3O4/c1-24-14-6-4-13(5-7-14)20-10-11(8-16(20)22)17(23)18-9-15(21)19-12-2-3-12/h4-7,11-12H,2-3,8-10H2,1H3,(H,18,23)(H,19,21)/t11-/m0/s1. The van der Waals surface area contributed by atoms with Gasteiger partial charge in [0.1, 0.15) is 5.75 Å². The van der Waals surface area contributed by atoms with E-state index in [4.69, 9.17) is 4.74 Å². The van der Waals surface area contributed by atoms with Crippen molar-refractivity contribution in [3.8, 4) is 5.75 Å². The van der Waals surface area contributed by atoms with Crippen molar-refractivity contribution in [2.45, 2.75) is 25.3 Å². The molecule has 128 valence electrons. The van der Waals surface area contributed by atoms with Crippen LogP contribution in [0.4, 0.5) is 5.69 Å². The minimum absolute atomic E-state index is 0.0391. The molecule has 1 aromatic rings. The van der Waals surface area contributed by atoms with E-state index in [-0.39, 0.29) is 36.7 Å². The summed E-state index contributed by atoms with van der Waals surface area (Å²) in [7, 11) is 1.58. The van der Waals surface area contributed by atoms with Crippen molar-refractivity contribution in [2.24, 2.45) is 5.92 Å². The summed E-state index contributed by atoms with van der Waals surface area (Å²) in [5.41, 5.74) is 0.738. The van der Waals surface area contributed by atoms with Crippen LogP contribution in [0, 0.1) is 5.92 Å². The Morgan fingerprint density at radius 1 is 1.25 bits per heavy atom. The van der Waals surface area contributed by atoms with Gasteiger partial charge in [-0.2, -0.15) is 0 Å². The molecule has 2 N–H and O–H groups in total. The maximum absolute atomic E-state index is 12.2. The molecule has 7 nitrogen and oxygen atoms in total. The SMILES string of the molecule is COc1ccc(N2C[C@@H](C(=O)NCC(=O)NC3CC3)CC2=O)cc1. The lowest BCUT2D eigenvalue weighted by atomic mass is 10.1. The first kappa shape index (κ1) is 16.3. The highest BCUT2D eigenvalue weighted by atomic mass is 16.5. The van der Waals surface area contributed by atoms with Crippen LogP contribution in [0.15, 0.2) is 24.3 Å². The Kier molecular flexibility index (Phi) is 4.69. The number of hydrogen-bond donors (Lipinski definition) is 2. The quantitative estimate of drug-likeness (QED) is 0.792. The molecule has 2 fully saturated rings. The van der Waals surface area contributed by atoms with E-state index in [2.05, 4.69) is 10.6 Å². The van der Waals surface area contributed by atoms with E-state index in [1.165, 1.54) is 0 Å². The Bertz CT molecular complexity index is 640. The van der Waals surface area contributed by atoms with Gasteiger partial charge in [0.05, 0.1) is 19.6 Å². The lowest BCUT2D eigenvalue weighted by Gasteiger charge is -2.17. The third kappa shape index (κ3) is 3.84. The average molecular weight is 331 g/mol. The summed E-state index contributed by atoms with van der Waals surface area (Å²) in [4.78, 5) is 37.6. The molecule has 0 radical (unpaired) electrons. The van der Waals surface area contributed by atoms with Crippen LogP contribution in [0.1, 0.15) is 19.3 Å². The molecule has 0 unspecified atom stereocenters. The van der Waals surface area contributed by atoms with Gasteiger partial charge in [-0.15, -0.1) is 0 Å². The molecule has 24 heavy (non-hydrogen) atoms. The number of carbonyl (C=O) groups is 3. The van der Waals surface area contributed by atoms with Crippen LogP contribution in [-0.4, -0.2) is 44.0 Å². The van der Waals surface area contributed by atoms with Gasteiger partial charge in [0, 0.05) is 24.7 Å². The van der Waals surface area contributed by atoms with Gasteiger partial charge >= 0.3 is 0 Å². The molecule has 1 heterocycles. The van der Waals surface area contributed by atoms with Crippen LogP contribution in [0.25, 0.3) is 0 Å². The second kappa shape index (κ2) is 6.90. The smallest absolute Gasteiger partial charge is 0.239 e. The largest absolute Gasteiger partial charge is 0.497 e. The van der Waals surface area contributed by atoms with Crippen molar-refractivity contribution in [3.05, 3.63) is 24.3 Å². The maximum Gasteiger partial charge on any atom is 0.239 e. The van der Waals surface area contributed by atoms with Crippen molar-refractivity contribution in [3.63, 3.8) is 0 Å². The third-order valence-electron chi connectivity index (χ3n) is 4.25. The molecule has 2 aliphatic rings. The number of nitrogens with zero attached hydrogens (tertiary/aromatic N) is 1. The van der Waals surface area contributed by atoms with E-state index in [1.807, 2.05) is 0 Å². The first-order valence-electron chi connectivity index (χ1n) is 8.08. The molecule has 1 aromatic carbocycles. The van der Waals surface area contributed by atoms with Crippen LogP contribution in [0.3, 0.4) is 0 Å². The lowest BCUT2D eigenvalue weighted by molar-refractivity contribution is -0.129. The molecule has 3 amide bonds. The molecule has 3 rings (SSSR count). The number of amides is 3. The Morgan fingerprint density at radius 3 is 2.58 bits per heavy atom. The normalized spacial score (nSPS) is 20.0. The van der Waals surface area contributed by atoms with Crippen LogP contribution in [0.5, 0.6) is 5.75 Å². The van der Waals surface area contributed by atoms with Crippen LogP contribution >= 0.6 is 0 Å². The fourth-order valence-electron chi connectivity index (χ4n) is 2.71. The Balaban J connectivity index is 1.52. The fourth-order valence-corrected chi connectivity index (χ4v) is 2.71. The highest BCUT2D eigenvalue weighted by Crippen LogP contribution is 2.26. The van der Waals surface area contributed by atoms with Crippen molar-refractivity contribution < 1.29 is 19.1 Å². The van der Waals surface area contributed by atoms with E-state index in [0.717, 1.165) is 18.5 Å². The van der Waals surface area contributed by atoms with E-state index >= 15 is 0 Å². The number of anilines is 1. The first-order valence-corrected chi connectivity index (χ1v) is 8.08. The zero-order chi connectivity index (χ0) is 17.1. The Labute approximate surface area is 140 Å². The summed E-state index contributed by atoms with van der Waals surface area (Å²) in [5.74, 6) is -0.259. The summed E-state index contributed by atoms with van der Waals surface area (Å²) in [6.45, 7) is 0.282. The number of rotatable bonds is 6. The minimum Gasteiger partial charge on any atom is -0.497 e. The second-order valence-electron chi connectivity index (χ2n) is 6.16. The molecule has 1 aliphatic carbocycles. The van der Waals surface area contributed by atoms with Gasteiger partial charge < -0.3 is 20.3 Å². The van der Waals surface area contributed by atoms with Gasteiger partial charge in [0.2, 0.25) is 17.7 Å². The molecule has 1 aliphatic heterocycles. The minimum atomic E-state index is -0.437. The predicted octanol–water partition coefficient (Wildman–Crippen LogP) is 0.443. The van der Waals surface area contributed by atoms with Gasteiger partial charge in [-0.05, 0) is 37.1 Å². The number of methoxy groups -OCH3 is 1. The highest BCUT2D eigenvalue weighted by molar-refractivity contribution is 6.00. The molecule has 0 spiro atoms. The number of benzene rings is 1. The number of hydrogen-bond acceptors (Lipinski definition) is 4. The van der Waals surface area contributed by atoms with Crippen molar-refractivity contribution in [2.75, 3.05) is 25.1 Å². The van der Waals surface area contributed by atoms with Crippen LogP contribution < -0.4 is 20.3 Å². The lowest BCUT2D eigenvalue weighted by Crippen LogP contribution is -2.40. The van der Waals surface area contributed by atoms with Gasteiger partial charge in [-0.1, -0.05) is 0 Å². The van der Waals surface area contributed by atoms with Crippen LogP contribution in [-0.2, 0) is 14.4 Å². The first-order chi connectivity index (χ1) is 11.6. The van der Waals surface area contributed by atoms with Gasteiger partial charge in [-0.25, -0.2) is 0 Å². The van der Waals surface area contributed by atoms with Gasteiger partial charge in [0.15, 0.2) is 0 Å². The molecular formula is C17H21N3O4. The van der Waals surface area contributed by atoms with Crippen LogP contribution in [0.2, 0.25) is 0 Å². The second-order valence-corrected chi connectivity index (χ2v) is 6.16. The molecule has 1 saturated carbocycles. The molecule has 1 saturated heterocycles. The number of ether oxygens (including phenoxy) is 1. The molecule has 7 heteroatoms. The molecular weight excluding hydrogens is 310 g/mol. The zero-order valence-electron chi connectivity index (χ0n) is 13.6. The van der Waals surface area contributed by atoms with Crippen molar-refractivity contribution >= 4 is 23.4 Å². The molecule has 1 atom stereocenters. The topological polar surface area (TPSA) is 87.7 Å². The van der Waals surface area contributed by atoms with Crippen molar-refractivity contribution in [1.29, 1.82) is 0 Å². The predicted molar refractivity (Wildman–Crippen MR) is 87.6 cm³/mol. The zero-order valence-corrected chi connectivity index (χ0v) is 13.6. The summed E-state index contributed by atoms with van der Waals surface area (Å²) in [6, 6.07) is 7.41. The summed E-state index contributed by atoms with van der Waals surface area (Å²) >= 11 is 0. The number of carbonyl (C=O) groups excluding carboxylic acids is 3. The Hall–Kier alpha value is -2.57. The van der Waals surface area contributed by atoms with E-state index in [9.17, 15) is 14.4 Å². The summed E-state index contributed by atoms with van der Waals surface area (Å²) < 4.78 is 5.10. The van der Waals surface area contributed by atoms with Gasteiger partial charge in [0.25, 0.3) is 0 Å². The number of nitrogens with one attached hydrogen (secondary N) is 2.